The van der Waals surface area contributed by atoms with Crippen molar-refractivity contribution in [3.63, 3.8) is 0 Å². The van der Waals surface area contributed by atoms with Gasteiger partial charge in [0, 0.05) is 19.0 Å². The molecule has 1 heterocycles. The first-order valence-electron chi connectivity index (χ1n) is 7.68. The largest absolute Gasteiger partial charge is 0.479 e. The summed E-state index contributed by atoms with van der Waals surface area (Å²) in [6.07, 6.45) is 1.03. The summed E-state index contributed by atoms with van der Waals surface area (Å²) in [6.45, 7) is 0.0195. The van der Waals surface area contributed by atoms with E-state index in [4.69, 9.17) is 38.4 Å². The summed E-state index contributed by atoms with van der Waals surface area (Å²) in [5.74, 6) is -1.42. The summed E-state index contributed by atoms with van der Waals surface area (Å²) in [4.78, 5) is 36.4. The van der Waals surface area contributed by atoms with E-state index in [-0.39, 0.29) is 40.1 Å². The third kappa shape index (κ3) is 5.51. The van der Waals surface area contributed by atoms with Gasteiger partial charge in [0.25, 0.3) is 5.91 Å². The van der Waals surface area contributed by atoms with Crippen LogP contribution in [0.15, 0.2) is 18.2 Å². The molecule has 1 aliphatic heterocycles. The van der Waals surface area contributed by atoms with E-state index in [1.165, 1.54) is 0 Å². The molecule has 25 heavy (non-hydrogen) atoms. The Morgan fingerprint density at radius 2 is 1.72 bits per heavy atom. The van der Waals surface area contributed by atoms with Crippen LogP contribution in [0, 0.1) is 5.92 Å². The molecule has 1 aromatic rings. The highest BCUT2D eigenvalue weighted by Gasteiger charge is 2.26. The Bertz CT molecular complexity index is 640. The molecule has 2 rings (SSSR count). The second-order valence-electron chi connectivity index (χ2n) is 5.56. The number of piperidine rings is 1. The van der Waals surface area contributed by atoms with Crippen LogP contribution in [-0.4, -0.2) is 49.0 Å². The van der Waals surface area contributed by atoms with E-state index in [2.05, 4.69) is 0 Å². The number of rotatable bonds is 6. The van der Waals surface area contributed by atoms with Gasteiger partial charge < -0.3 is 20.1 Å². The summed E-state index contributed by atoms with van der Waals surface area (Å²) >= 11 is 11.8. The van der Waals surface area contributed by atoms with E-state index in [9.17, 15) is 14.4 Å². The predicted molar refractivity (Wildman–Crippen MR) is 91.4 cm³/mol. The molecule has 0 bridgehead atoms. The van der Waals surface area contributed by atoms with Gasteiger partial charge in [0.05, 0.1) is 10.0 Å². The van der Waals surface area contributed by atoms with E-state index in [1.54, 1.807) is 23.1 Å². The Hall–Kier alpha value is -1.99. The van der Waals surface area contributed by atoms with Crippen molar-refractivity contribution in [1.82, 2.24) is 4.90 Å². The second kappa shape index (κ2) is 8.92. The lowest BCUT2D eigenvalue weighted by Crippen LogP contribution is -2.43. The van der Waals surface area contributed by atoms with Crippen LogP contribution in [0.2, 0.25) is 10.0 Å². The fourth-order valence-corrected chi connectivity index (χ4v) is 2.95. The van der Waals surface area contributed by atoms with Gasteiger partial charge in [-0.15, -0.1) is 0 Å². The number of esters is 1. The fourth-order valence-electron chi connectivity index (χ4n) is 2.44. The average Bonchev–Trinajstić information content (AvgIpc) is 2.59. The Labute approximate surface area is 154 Å². The number of halogens is 2. The van der Waals surface area contributed by atoms with Gasteiger partial charge >= 0.3 is 5.97 Å². The number of hydrogen-bond donors (Lipinski definition) is 1. The molecule has 1 aliphatic rings. The quantitative estimate of drug-likeness (QED) is 0.746. The maximum Gasteiger partial charge on any atom is 0.344 e. The first kappa shape index (κ1) is 19.3. The van der Waals surface area contributed by atoms with Gasteiger partial charge in [-0.3, -0.25) is 9.59 Å². The first-order valence-corrected chi connectivity index (χ1v) is 8.43. The van der Waals surface area contributed by atoms with Crippen LogP contribution >= 0.6 is 23.2 Å². The summed E-state index contributed by atoms with van der Waals surface area (Å²) in [5, 5.41) is 0.544. The minimum Gasteiger partial charge on any atom is -0.479 e. The lowest BCUT2D eigenvalue weighted by molar-refractivity contribution is -0.154. The van der Waals surface area contributed by atoms with E-state index >= 15 is 0 Å². The number of amides is 2. The number of nitrogens with zero attached hydrogens (tertiary/aromatic N) is 1. The maximum absolute atomic E-state index is 12.0. The molecule has 1 saturated heterocycles. The summed E-state index contributed by atoms with van der Waals surface area (Å²) < 4.78 is 10.1. The van der Waals surface area contributed by atoms with Crippen molar-refractivity contribution in [3.05, 3.63) is 28.2 Å². The molecule has 0 saturated carbocycles. The Balaban J connectivity index is 1.73. The molecule has 1 fully saturated rings. The van der Waals surface area contributed by atoms with Gasteiger partial charge in [-0.25, -0.2) is 4.79 Å². The highest BCUT2D eigenvalue weighted by Crippen LogP contribution is 2.32. The smallest absolute Gasteiger partial charge is 0.344 e. The van der Waals surface area contributed by atoms with E-state index in [1.807, 2.05) is 0 Å². The number of nitrogens with two attached hydrogens (primary N) is 1. The second-order valence-corrected chi connectivity index (χ2v) is 6.37. The topological polar surface area (TPSA) is 98.9 Å². The maximum atomic E-state index is 12.0. The number of ether oxygens (including phenoxy) is 2. The monoisotopic (exact) mass is 388 g/mol. The van der Waals surface area contributed by atoms with Crippen LogP contribution in [0.5, 0.6) is 5.75 Å². The predicted octanol–water partition coefficient (Wildman–Crippen LogP) is 1.64. The molecule has 2 amide bonds. The molecule has 136 valence electrons. The SMILES string of the molecule is NC(=O)C1CCN(C(=O)COC(=O)COc2c(Cl)cccc2Cl)CC1. The highest BCUT2D eigenvalue weighted by molar-refractivity contribution is 6.37. The molecule has 0 aromatic heterocycles. The molecule has 0 radical (unpaired) electrons. The van der Waals surface area contributed by atoms with Crippen LogP contribution < -0.4 is 10.5 Å². The molecule has 9 heteroatoms. The van der Waals surface area contributed by atoms with Crippen molar-refractivity contribution in [3.8, 4) is 5.75 Å². The van der Waals surface area contributed by atoms with E-state index in [0.717, 1.165) is 0 Å². The molecular weight excluding hydrogens is 371 g/mol. The minimum absolute atomic E-state index is 0.183. The highest BCUT2D eigenvalue weighted by atomic mass is 35.5. The summed E-state index contributed by atoms with van der Waals surface area (Å²) in [5.41, 5.74) is 5.25. The van der Waals surface area contributed by atoms with Crippen LogP contribution in [0.1, 0.15) is 12.8 Å². The van der Waals surface area contributed by atoms with Crippen molar-refractivity contribution in [2.24, 2.45) is 11.7 Å². The Morgan fingerprint density at radius 1 is 1.12 bits per heavy atom. The summed E-state index contributed by atoms with van der Waals surface area (Å²) in [7, 11) is 0. The van der Waals surface area contributed by atoms with Crippen molar-refractivity contribution in [2.75, 3.05) is 26.3 Å². The molecular formula is C16H18Cl2N2O5. The molecule has 0 spiro atoms. The van der Waals surface area contributed by atoms with Gasteiger partial charge in [0.15, 0.2) is 19.0 Å². The number of likely N-dealkylation sites (tertiary alicyclic amines) is 1. The zero-order valence-electron chi connectivity index (χ0n) is 13.4. The summed E-state index contributed by atoms with van der Waals surface area (Å²) in [6, 6.07) is 4.80. The molecule has 0 unspecified atom stereocenters. The van der Waals surface area contributed by atoms with E-state index in [0.29, 0.717) is 25.9 Å². The number of para-hydroxylation sites is 1. The molecule has 7 nitrogen and oxygen atoms in total. The van der Waals surface area contributed by atoms with E-state index < -0.39 is 12.6 Å². The molecule has 2 N–H and O–H groups in total. The number of benzene rings is 1. The van der Waals surface area contributed by atoms with Crippen molar-refractivity contribution in [1.29, 1.82) is 0 Å². The van der Waals surface area contributed by atoms with Gasteiger partial charge in [-0.2, -0.15) is 0 Å². The van der Waals surface area contributed by atoms with Crippen LogP contribution in [0.25, 0.3) is 0 Å². The first-order chi connectivity index (χ1) is 11.9. The molecule has 0 aliphatic carbocycles. The lowest BCUT2D eigenvalue weighted by Gasteiger charge is -2.30. The van der Waals surface area contributed by atoms with Crippen LogP contribution in [0.3, 0.4) is 0 Å². The van der Waals surface area contributed by atoms with Crippen molar-refractivity contribution in [2.45, 2.75) is 12.8 Å². The average molecular weight is 389 g/mol. The zero-order chi connectivity index (χ0) is 18.4. The molecule has 0 atom stereocenters. The van der Waals surface area contributed by atoms with Crippen molar-refractivity contribution < 1.29 is 23.9 Å². The number of carbonyl (C=O) groups excluding carboxylic acids is 3. The Kier molecular flexibility index (Phi) is 6.90. The third-order valence-corrected chi connectivity index (χ3v) is 4.46. The third-order valence-electron chi connectivity index (χ3n) is 3.86. The normalized spacial score (nSPS) is 14.9. The van der Waals surface area contributed by atoms with Crippen molar-refractivity contribution >= 4 is 41.0 Å². The lowest BCUT2D eigenvalue weighted by atomic mass is 9.96. The van der Waals surface area contributed by atoms with Gasteiger partial charge in [-0.1, -0.05) is 29.3 Å². The Morgan fingerprint density at radius 3 is 2.28 bits per heavy atom. The minimum atomic E-state index is -0.712. The number of primary amides is 1. The standard InChI is InChI=1S/C16H18Cl2N2O5/c17-11-2-1-3-12(18)15(11)25-9-14(22)24-8-13(21)20-6-4-10(5-7-20)16(19)23/h1-3,10H,4-9H2,(H2,19,23). The molecule has 1 aromatic carbocycles. The zero-order valence-corrected chi connectivity index (χ0v) is 14.9. The van der Waals surface area contributed by atoms with Gasteiger partial charge in [0.2, 0.25) is 5.91 Å². The number of hydrogen-bond acceptors (Lipinski definition) is 5. The fraction of sp³-hybridized carbons (Fsp3) is 0.438. The van der Waals surface area contributed by atoms with Crippen LogP contribution in [-0.2, 0) is 19.1 Å². The van der Waals surface area contributed by atoms with Gasteiger partial charge in [0.1, 0.15) is 0 Å². The van der Waals surface area contributed by atoms with Gasteiger partial charge in [-0.05, 0) is 25.0 Å². The number of carbonyl (C=O) groups is 3. The van der Waals surface area contributed by atoms with Crippen LogP contribution in [0.4, 0.5) is 0 Å².